The molecule has 1 aliphatic rings. The summed E-state index contributed by atoms with van der Waals surface area (Å²) in [5, 5.41) is 0. The maximum Gasteiger partial charge on any atom is 0.163 e. The lowest BCUT2D eigenvalue weighted by atomic mass is 9.99. The van der Waals surface area contributed by atoms with Gasteiger partial charge in [0, 0.05) is 31.0 Å². The van der Waals surface area contributed by atoms with Gasteiger partial charge in [0.1, 0.15) is 0 Å². The van der Waals surface area contributed by atoms with Crippen LogP contribution < -0.4 is 0 Å². The molecule has 0 amide bonds. The summed E-state index contributed by atoms with van der Waals surface area (Å²) >= 11 is 0. The van der Waals surface area contributed by atoms with Gasteiger partial charge in [-0.3, -0.25) is 9.78 Å². The fourth-order valence-corrected chi connectivity index (χ4v) is 2.48. The highest BCUT2D eigenvalue weighted by Gasteiger charge is 2.16. The van der Waals surface area contributed by atoms with Crippen LogP contribution in [0.4, 0.5) is 0 Å². The molecule has 0 aliphatic carbocycles. The summed E-state index contributed by atoms with van der Waals surface area (Å²) < 4.78 is 5.56. The number of aromatic nitrogens is 1. The van der Waals surface area contributed by atoms with Crippen LogP contribution in [0, 0.1) is 0 Å². The predicted molar refractivity (Wildman–Crippen MR) is 70.8 cm³/mol. The molecule has 3 heteroatoms. The minimum atomic E-state index is 0.243. The zero-order valence-electron chi connectivity index (χ0n) is 11.0. The van der Waals surface area contributed by atoms with Crippen molar-refractivity contribution in [1.29, 1.82) is 0 Å². The predicted octanol–water partition coefficient (Wildman–Crippen LogP) is 3.18. The Morgan fingerprint density at radius 3 is 3.17 bits per heavy atom. The van der Waals surface area contributed by atoms with Crippen molar-refractivity contribution in [1.82, 2.24) is 4.98 Å². The molecule has 0 saturated carbocycles. The fourth-order valence-electron chi connectivity index (χ4n) is 2.48. The zero-order chi connectivity index (χ0) is 12.8. The van der Waals surface area contributed by atoms with E-state index in [2.05, 4.69) is 11.9 Å². The number of hydrogen-bond donors (Lipinski definition) is 0. The van der Waals surface area contributed by atoms with E-state index < -0.39 is 0 Å². The molecule has 3 nitrogen and oxygen atoms in total. The van der Waals surface area contributed by atoms with Gasteiger partial charge in [-0.1, -0.05) is 6.92 Å². The number of hydrogen-bond acceptors (Lipinski definition) is 3. The summed E-state index contributed by atoms with van der Waals surface area (Å²) in [6.07, 6.45) is 9.64. The third kappa shape index (κ3) is 3.39. The number of pyridine rings is 1. The van der Waals surface area contributed by atoms with Crippen molar-refractivity contribution in [3.63, 3.8) is 0 Å². The Hall–Kier alpha value is -1.22. The van der Waals surface area contributed by atoms with Gasteiger partial charge in [-0.25, -0.2) is 0 Å². The van der Waals surface area contributed by atoms with Gasteiger partial charge < -0.3 is 4.74 Å². The van der Waals surface area contributed by atoms with E-state index in [-0.39, 0.29) is 5.78 Å². The molecule has 1 atom stereocenters. The van der Waals surface area contributed by atoms with Crippen LogP contribution in [0.2, 0.25) is 0 Å². The first-order valence-corrected chi connectivity index (χ1v) is 6.89. The van der Waals surface area contributed by atoms with Crippen molar-refractivity contribution in [2.45, 2.75) is 51.6 Å². The maximum absolute atomic E-state index is 12.1. The average molecular weight is 247 g/mol. The molecule has 1 aromatic heterocycles. The SMILES string of the molecule is CCc1cnccc1C(=O)CCCC1CCCO1. The standard InChI is InChI=1S/C15H21NO2/c1-2-12-11-16-9-8-14(12)15(17)7-3-5-13-6-4-10-18-13/h8-9,11,13H,2-7,10H2,1H3. The van der Waals surface area contributed by atoms with Crippen molar-refractivity contribution in [2.75, 3.05) is 6.61 Å². The monoisotopic (exact) mass is 247 g/mol. The number of aryl methyl sites for hydroxylation is 1. The normalized spacial score (nSPS) is 19.1. The highest BCUT2D eigenvalue weighted by atomic mass is 16.5. The molecule has 0 radical (unpaired) electrons. The molecule has 0 spiro atoms. The van der Waals surface area contributed by atoms with E-state index in [1.165, 1.54) is 6.42 Å². The fraction of sp³-hybridized carbons (Fsp3) is 0.600. The molecule has 1 saturated heterocycles. The van der Waals surface area contributed by atoms with Crippen molar-refractivity contribution in [3.8, 4) is 0 Å². The minimum Gasteiger partial charge on any atom is -0.378 e. The number of ketones is 1. The van der Waals surface area contributed by atoms with Crippen LogP contribution in [0.25, 0.3) is 0 Å². The van der Waals surface area contributed by atoms with Crippen molar-refractivity contribution >= 4 is 5.78 Å². The molecule has 2 rings (SSSR count). The van der Waals surface area contributed by atoms with E-state index in [0.29, 0.717) is 12.5 Å². The van der Waals surface area contributed by atoms with Gasteiger partial charge in [0.05, 0.1) is 6.10 Å². The summed E-state index contributed by atoms with van der Waals surface area (Å²) in [5.74, 6) is 0.243. The van der Waals surface area contributed by atoms with Gasteiger partial charge in [0.25, 0.3) is 0 Å². The van der Waals surface area contributed by atoms with E-state index in [0.717, 1.165) is 43.4 Å². The molecular weight excluding hydrogens is 226 g/mol. The lowest BCUT2D eigenvalue weighted by molar-refractivity contribution is 0.0922. The Morgan fingerprint density at radius 1 is 1.56 bits per heavy atom. The second kappa shape index (κ2) is 6.64. The Bertz CT molecular complexity index is 397. The van der Waals surface area contributed by atoms with Gasteiger partial charge in [-0.2, -0.15) is 0 Å². The van der Waals surface area contributed by atoms with Crippen LogP contribution in [0.3, 0.4) is 0 Å². The van der Waals surface area contributed by atoms with Gasteiger partial charge in [-0.05, 0) is 43.7 Å². The number of carbonyl (C=O) groups excluding carboxylic acids is 1. The summed E-state index contributed by atoms with van der Waals surface area (Å²) in [5.41, 5.74) is 1.90. The van der Waals surface area contributed by atoms with Crippen LogP contribution in [-0.4, -0.2) is 23.5 Å². The van der Waals surface area contributed by atoms with Crippen LogP contribution in [0.5, 0.6) is 0 Å². The molecule has 0 bridgehead atoms. The summed E-state index contributed by atoms with van der Waals surface area (Å²) in [4.78, 5) is 16.2. The van der Waals surface area contributed by atoms with E-state index in [9.17, 15) is 4.79 Å². The number of Topliss-reactive ketones (excluding diaryl/α,β-unsaturated/α-hetero) is 1. The van der Waals surface area contributed by atoms with Crippen molar-refractivity contribution in [2.24, 2.45) is 0 Å². The second-order valence-corrected chi connectivity index (χ2v) is 4.84. The van der Waals surface area contributed by atoms with Crippen LogP contribution >= 0.6 is 0 Å². The Labute approximate surface area is 109 Å². The molecule has 0 N–H and O–H groups in total. The van der Waals surface area contributed by atoms with E-state index in [4.69, 9.17) is 4.74 Å². The number of carbonyl (C=O) groups is 1. The van der Waals surface area contributed by atoms with Crippen LogP contribution in [-0.2, 0) is 11.2 Å². The van der Waals surface area contributed by atoms with Gasteiger partial charge in [0.15, 0.2) is 5.78 Å². The first kappa shape index (κ1) is 13.2. The third-order valence-corrected chi connectivity index (χ3v) is 3.54. The highest BCUT2D eigenvalue weighted by Crippen LogP contribution is 2.19. The number of nitrogens with zero attached hydrogens (tertiary/aromatic N) is 1. The first-order chi connectivity index (χ1) is 8.81. The summed E-state index contributed by atoms with van der Waals surface area (Å²) in [7, 11) is 0. The molecule has 18 heavy (non-hydrogen) atoms. The van der Waals surface area contributed by atoms with Crippen LogP contribution in [0.15, 0.2) is 18.5 Å². The number of rotatable bonds is 6. The summed E-state index contributed by atoms with van der Waals surface area (Å²) in [6, 6.07) is 1.84. The number of ether oxygens (including phenoxy) is 1. The third-order valence-electron chi connectivity index (χ3n) is 3.54. The largest absolute Gasteiger partial charge is 0.378 e. The lowest BCUT2D eigenvalue weighted by Gasteiger charge is -2.09. The first-order valence-electron chi connectivity index (χ1n) is 6.89. The molecule has 1 fully saturated rings. The van der Waals surface area contributed by atoms with E-state index >= 15 is 0 Å². The van der Waals surface area contributed by atoms with Gasteiger partial charge in [-0.15, -0.1) is 0 Å². The highest BCUT2D eigenvalue weighted by molar-refractivity contribution is 5.97. The Kier molecular flexibility index (Phi) is 4.88. The topological polar surface area (TPSA) is 39.2 Å². The lowest BCUT2D eigenvalue weighted by Crippen LogP contribution is -2.08. The average Bonchev–Trinajstić information content (AvgIpc) is 2.91. The Balaban J connectivity index is 1.83. The molecule has 1 unspecified atom stereocenters. The van der Waals surface area contributed by atoms with Gasteiger partial charge >= 0.3 is 0 Å². The van der Waals surface area contributed by atoms with E-state index in [1.807, 2.05) is 6.07 Å². The van der Waals surface area contributed by atoms with Crippen molar-refractivity contribution in [3.05, 3.63) is 29.6 Å². The molecule has 1 aromatic rings. The molecule has 2 heterocycles. The molecule has 98 valence electrons. The quantitative estimate of drug-likeness (QED) is 0.725. The molecule has 0 aromatic carbocycles. The summed E-state index contributed by atoms with van der Waals surface area (Å²) in [6.45, 7) is 2.95. The molecular formula is C15H21NO2. The Morgan fingerprint density at radius 2 is 2.44 bits per heavy atom. The second-order valence-electron chi connectivity index (χ2n) is 4.84. The van der Waals surface area contributed by atoms with Crippen molar-refractivity contribution < 1.29 is 9.53 Å². The van der Waals surface area contributed by atoms with Gasteiger partial charge in [0.2, 0.25) is 0 Å². The maximum atomic E-state index is 12.1. The van der Waals surface area contributed by atoms with E-state index in [1.54, 1.807) is 12.4 Å². The zero-order valence-corrected chi connectivity index (χ0v) is 11.0. The smallest absolute Gasteiger partial charge is 0.163 e. The molecule has 1 aliphatic heterocycles. The van der Waals surface area contributed by atoms with Crippen LogP contribution in [0.1, 0.15) is 54.9 Å². The minimum absolute atomic E-state index is 0.243.